The molecule has 0 unspecified atom stereocenters. The molecule has 2 fully saturated rings. The predicted octanol–water partition coefficient (Wildman–Crippen LogP) is 1.43. The molecule has 4 heteroatoms. The van der Waals surface area contributed by atoms with Crippen molar-refractivity contribution < 1.29 is 9.47 Å². The molecule has 98 valence electrons. The van der Waals surface area contributed by atoms with Gasteiger partial charge in [0.25, 0.3) is 0 Å². The maximum Gasteiger partial charge on any atom is 0.0954 e. The Balaban J connectivity index is 1.53. The highest BCUT2D eigenvalue weighted by Gasteiger charge is 2.42. The number of hydrogen-bond donors (Lipinski definition) is 1. The second-order valence-corrected chi connectivity index (χ2v) is 5.43. The number of aromatic nitrogens is 1. The Morgan fingerprint density at radius 2 is 2.39 bits per heavy atom. The summed E-state index contributed by atoms with van der Waals surface area (Å²) in [4.78, 5) is 4.19. The third-order valence-corrected chi connectivity index (χ3v) is 3.76. The number of pyridine rings is 1. The van der Waals surface area contributed by atoms with Crippen LogP contribution < -0.4 is 5.32 Å². The van der Waals surface area contributed by atoms with Gasteiger partial charge in [-0.05, 0) is 24.5 Å². The Hall–Kier alpha value is -0.970. The highest BCUT2D eigenvalue weighted by molar-refractivity contribution is 5.15. The van der Waals surface area contributed by atoms with Gasteiger partial charge in [0.1, 0.15) is 0 Å². The van der Waals surface area contributed by atoms with Crippen LogP contribution in [0.4, 0.5) is 0 Å². The van der Waals surface area contributed by atoms with E-state index < -0.39 is 0 Å². The molecule has 4 nitrogen and oxygen atoms in total. The quantitative estimate of drug-likeness (QED) is 0.878. The van der Waals surface area contributed by atoms with Gasteiger partial charge < -0.3 is 14.8 Å². The standard InChI is InChI=1S/C14H20N2O2/c1-11-4-12(7-15-6-11)8-17-13-2-3-18-14(5-13)9-16-10-14/h4,6-7,13,16H,2-3,5,8-10H2,1H3/t13-/m1/s1. The maximum atomic E-state index is 6.01. The van der Waals surface area contributed by atoms with E-state index in [1.54, 1.807) is 0 Å². The number of nitrogens with zero attached hydrogens (tertiary/aromatic N) is 1. The van der Waals surface area contributed by atoms with Crippen molar-refractivity contribution in [2.75, 3.05) is 19.7 Å². The van der Waals surface area contributed by atoms with Crippen LogP contribution in [0.2, 0.25) is 0 Å². The summed E-state index contributed by atoms with van der Waals surface area (Å²) in [7, 11) is 0. The minimum Gasteiger partial charge on any atom is -0.373 e. The fourth-order valence-electron chi connectivity index (χ4n) is 2.69. The van der Waals surface area contributed by atoms with Crippen molar-refractivity contribution in [3.8, 4) is 0 Å². The van der Waals surface area contributed by atoms with Crippen LogP contribution in [0.1, 0.15) is 24.0 Å². The van der Waals surface area contributed by atoms with Gasteiger partial charge in [0.15, 0.2) is 0 Å². The van der Waals surface area contributed by atoms with Crippen LogP contribution >= 0.6 is 0 Å². The predicted molar refractivity (Wildman–Crippen MR) is 68.3 cm³/mol. The fraction of sp³-hybridized carbons (Fsp3) is 0.643. The molecule has 0 radical (unpaired) electrons. The van der Waals surface area contributed by atoms with Crippen LogP contribution in [0.25, 0.3) is 0 Å². The smallest absolute Gasteiger partial charge is 0.0954 e. The van der Waals surface area contributed by atoms with Crippen LogP contribution in [-0.4, -0.2) is 36.4 Å². The summed E-state index contributed by atoms with van der Waals surface area (Å²) >= 11 is 0. The van der Waals surface area contributed by atoms with Gasteiger partial charge in [-0.3, -0.25) is 4.98 Å². The Morgan fingerprint density at radius 1 is 1.50 bits per heavy atom. The summed E-state index contributed by atoms with van der Waals surface area (Å²) in [5.41, 5.74) is 2.40. The summed E-state index contributed by atoms with van der Waals surface area (Å²) in [5.74, 6) is 0. The molecule has 0 aromatic carbocycles. The van der Waals surface area contributed by atoms with Crippen LogP contribution in [-0.2, 0) is 16.1 Å². The van der Waals surface area contributed by atoms with E-state index >= 15 is 0 Å². The second-order valence-electron chi connectivity index (χ2n) is 5.43. The molecule has 2 saturated heterocycles. The molecule has 1 atom stereocenters. The van der Waals surface area contributed by atoms with Gasteiger partial charge in [-0.15, -0.1) is 0 Å². The van der Waals surface area contributed by atoms with E-state index in [-0.39, 0.29) is 5.60 Å². The molecule has 0 aliphatic carbocycles. The SMILES string of the molecule is Cc1cncc(CO[C@@H]2CCOC3(CNC3)C2)c1. The zero-order valence-electron chi connectivity index (χ0n) is 10.8. The van der Waals surface area contributed by atoms with Crippen molar-refractivity contribution >= 4 is 0 Å². The molecular weight excluding hydrogens is 228 g/mol. The number of hydrogen-bond acceptors (Lipinski definition) is 4. The highest BCUT2D eigenvalue weighted by Crippen LogP contribution is 2.30. The summed E-state index contributed by atoms with van der Waals surface area (Å²) in [6.07, 6.45) is 6.08. The monoisotopic (exact) mass is 248 g/mol. The lowest BCUT2D eigenvalue weighted by Crippen LogP contribution is -2.64. The van der Waals surface area contributed by atoms with Crippen LogP contribution in [0.15, 0.2) is 18.5 Å². The summed E-state index contributed by atoms with van der Waals surface area (Å²) in [6.45, 7) is 5.47. The number of ether oxygens (including phenoxy) is 2. The average molecular weight is 248 g/mol. The largest absolute Gasteiger partial charge is 0.373 e. The lowest BCUT2D eigenvalue weighted by Gasteiger charge is -2.47. The molecule has 2 aliphatic heterocycles. The molecule has 1 aromatic heterocycles. The first kappa shape index (κ1) is 12.1. The maximum absolute atomic E-state index is 6.01. The van der Waals surface area contributed by atoms with Gasteiger partial charge >= 0.3 is 0 Å². The molecule has 1 aromatic rings. The average Bonchev–Trinajstić information content (AvgIpc) is 2.35. The zero-order chi connectivity index (χ0) is 12.4. The molecule has 1 N–H and O–H groups in total. The number of rotatable bonds is 3. The third kappa shape index (κ3) is 2.55. The van der Waals surface area contributed by atoms with Crippen molar-refractivity contribution in [1.29, 1.82) is 0 Å². The fourth-order valence-corrected chi connectivity index (χ4v) is 2.69. The zero-order valence-corrected chi connectivity index (χ0v) is 10.8. The number of nitrogens with one attached hydrogen (secondary N) is 1. The Labute approximate surface area is 108 Å². The van der Waals surface area contributed by atoms with Gasteiger partial charge in [0.2, 0.25) is 0 Å². The van der Waals surface area contributed by atoms with E-state index in [1.807, 2.05) is 12.4 Å². The first-order valence-corrected chi connectivity index (χ1v) is 6.63. The van der Waals surface area contributed by atoms with Crippen LogP contribution in [0.3, 0.4) is 0 Å². The van der Waals surface area contributed by atoms with Crippen molar-refractivity contribution in [2.45, 2.75) is 38.1 Å². The van der Waals surface area contributed by atoms with Gasteiger partial charge in [0.05, 0.1) is 18.3 Å². The molecule has 3 rings (SSSR count). The van der Waals surface area contributed by atoms with Crippen molar-refractivity contribution in [1.82, 2.24) is 10.3 Å². The van der Waals surface area contributed by atoms with Gasteiger partial charge in [-0.2, -0.15) is 0 Å². The molecule has 0 bridgehead atoms. The molecular formula is C14H20N2O2. The lowest BCUT2D eigenvalue weighted by atomic mass is 9.87. The van der Waals surface area contributed by atoms with Crippen molar-refractivity contribution in [3.05, 3.63) is 29.6 Å². The summed E-state index contributed by atoms with van der Waals surface area (Å²) in [5, 5.41) is 3.28. The topological polar surface area (TPSA) is 43.4 Å². The minimum atomic E-state index is 0.0633. The minimum absolute atomic E-state index is 0.0633. The molecule has 1 spiro atoms. The van der Waals surface area contributed by atoms with E-state index in [0.29, 0.717) is 12.7 Å². The van der Waals surface area contributed by atoms with E-state index in [4.69, 9.17) is 9.47 Å². The molecule has 2 aliphatic rings. The second kappa shape index (κ2) is 4.96. The van der Waals surface area contributed by atoms with Gasteiger partial charge in [-0.1, -0.05) is 6.07 Å². The third-order valence-electron chi connectivity index (χ3n) is 3.76. The Bertz CT molecular complexity index is 418. The molecule has 0 amide bonds. The normalized spacial score (nSPS) is 25.9. The van der Waals surface area contributed by atoms with Crippen molar-refractivity contribution in [3.63, 3.8) is 0 Å². The first-order valence-electron chi connectivity index (χ1n) is 6.63. The van der Waals surface area contributed by atoms with Crippen LogP contribution in [0.5, 0.6) is 0 Å². The summed E-state index contributed by atoms with van der Waals surface area (Å²) < 4.78 is 11.9. The molecule has 3 heterocycles. The van der Waals surface area contributed by atoms with E-state index in [2.05, 4.69) is 23.3 Å². The molecule has 18 heavy (non-hydrogen) atoms. The Kier molecular flexibility index (Phi) is 3.33. The lowest BCUT2D eigenvalue weighted by molar-refractivity contribution is -0.157. The van der Waals surface area contributed by atoms with Gasteiger partial charge in [-0.25, -0.2) is 0 Å². The number of aryl methyl sites for hydroxylation is 1. The summed E-state index contributed by atoms with van der Waals surface area (Å²) in [6, 6.07) is 2.13. The first-order chi connectivity index (χ1) is 8.76. The van der Waals surface area contributed by atoms with E-state index in [0.717, 1.165) is 38.1 Å². The Morgan fingerprint density at radius 3 is 3.11 bits per heavy atom. The molecule has 0 saturated carbocycles. The van der Waals surface area contributed by atoms with E-state index in [1.165, 1.54) is 5.56 Å². The van der Waals surface area contributed by atoms with E-state index in [9.17, 15) is 0 Å². The van der Waals surface area contributed by atoms with Crippen LogP contribution in [0, 0.1) is 6.92 Å². The van der Waals surface area contributed by atoms with Gasteiger partial charge in [0, 0.05) is 38.5 Å². The van der Waals surface area contributed by atoms with Crippen molar-refractivity contribution in [2.24, 2.45) is 0 Å². The highest BCUT2D eigenvalue weighted by atomic mass is 16.5.